The first-order valence-corrected chi connectivity index (χ1v) is 6.94. The van der Waals surface area contributed by atoms with Gasteiger partial charge in [0, 0.05) is 5.41 Å². The van der Waals surface area contributed by atoms with Gasteiger partial charge in [0.1, 0.15) is 6.29 Å². The van der Waals surface area contributed by atoms with Gasteiger partial charge in [0.2, 0.25) is 0 Å². The van der Waals surface area contributed by atoms with Crippen LogP contribution in [0.1, 0.15) is 32.6 Å². The van der Waals surface area contributed by atoms with E-state index in [1.165, 1.54) is 25.5 Å². The Morgan fingerprint density at radius 3 is 2.69 bits per heavy atom. The van der Waals surface area contributed by atoms with E-state index in [0.717, 1.165) is 41.9 Å². The molecule has 0 aromatic carbocycles. The van der Waals surface area contributed by atoms with Gasteiger partial charge in [-0.15, -0.1) is 0 Å². The van der Waals surface area contributed by atoms with E-state index < -0.39 is 0 Å². The Hall–Kier alpha value is -0.590. The lowest BCUT2D eigenvalue weighted by Crippen LogP contribution is -2.39. The SMILES string of the molecule is CCC1(C=O)CC2CC1C1C3C=CC(C3)C21. The molecule has 4 rings (SSSR count). The van der Waals surface area contributed by atoms with Crippen molar-refractivity contribution in [3.05, 3.63) is 12.2 Å². The quantitative estimate of drug-likeness (QED) is 0.394. The molecule has 0 N–H and O–H groups in total. The standard InChI is InChI=1S/C15H20O/c1-2-15(8-16)7-11-6-12(15)14-10-4-3-9(5-10)13(11)14/h3-4,8-14H,2,5-7H2,1H3. The van der Waals surface area contributed by atoms with Crippen LogP contribution < -0.4 is 0 Å². The summed E-state index contributed by atoms with van der Waals surface area (Å²) in [5, 5.41) is 0. The van der Waals surface area contributed by atoms with E-state index in [4.69, 9.17) is 0 Å². The van der Waals surface area contributed by atoms with E-state index in [9.17, 15) is 4.79 Å². The zero-order valence-corrected chi connectivity index (χ0v) is 9.93. The van der Waals surface area contributed by atoms with Crippen molar-refractivity contribution in [3.8, 4) is 0 Å². The highest BCUT2D eigenvalue weighted by molar-refractivity contribution is 5.61. The second-order valence-electron chi connectivity index (χ2n) is 6.61. The Bertz CT molecular complexity index is 372. The molecule has 1 heteroatoms. The number of rotatable bonds is 2. The molecule has 4 aliphatic carbocycles. The molecular formula is C15H20O. The zero-order chi connectivity index (χ0) is 10.9. The largest absolute Gasteiger partial charge is 0.303 e. The van der Waals surface area contributed by atoms with Crippen LogP contribution in [0.5, 0.6) is 0 Å². The van der Waals surface area contributed by atoms with Crippen LogP contribution in [0.4, 0.5) is 0 Å². The van der Waals surface area contributed by atoms with Crippen molar-refractivity contribution in [3.63, 3.8) is 0 Å². The summed E-state index contributed by atoms with van der Waals surface area (Å²) in [6.07, 6.45) is 11.3. The van der Waals surface area contributed by atoms with Crippen LogP contribution in [-0.2, 0) is 4.79 Å². The average molecular weight is 216 g/mol. The highest BCUT2D eigenvalue weighted by atomic mass is 16.1. The normalized spacial score (nSPS) is 60.6. The number of carbonyl (C=O) groups is 1. The van der Waals surface area contributed by atoms with Gasteiger partial charge in [-0.1, -0.05) is 19.1 Å². The summed E-state index contributed by atoms with van der Waals surface area (Å²) in [6.45, 7) is 2.22. The second-order valence-corrected chi connectivity index (χ2v) is 6.61. The minimum Gasteiger partial charge on any atom is -0.303 e. The fourth-order valence-corrected chi connectivity index (χ4v) is 5.87. The van der Waals surface area contributed by atoms with Crippen LogP contribution >= 0.6 is 0 Å². The topological polar surface area (TPSA) is 17.1 Å². The summed E-state index contributed by atoms with van der Waals surface area (Å²) in [5.41, 5.74) is 0.0736. The fourth-order valence-electron chi connectivity index (χ4n) is 5.87. The first-order valence-electron chi connectivity index (χ1n) is 6.94. The van der Waals surface area contributed by atoms with Crippen molar-refractivity contribution in [1.82, 2.24) is 0 Å². The second kappa shape index (κ2) is 2.80. The van der Waals surface area contributed by atoms with Crippen LogP contribution in [-0.4, -0.2) is 6.29 Å². The van der Waals surface area contributed by atoms with Gasteiger partial charge in [-0.3, -0.25) is 0 Å². The molecule has 7 atom stereocenters. The van der Waals surface area contributed by atoms with Crippen molar-refractivity contribution >= 4 is 6.29 Å². The van der Waals surface area contributed by atoms with Gasteiger partial charge < -0.3 is 4.79 Å². The Morgan fingerprint density at radius 2 is 2.00 bits per heavy atom. The smallest absolute Gasteiger partial charge is 0.126 e. The average Bonchev–Trinajstić information content (AvgIpc) is 3.05. The predicted molar refractivity (Wildman–Crippen MR) is 62.7 cm³/mol. The number of fused-ring (bicyclic) bond motifs is 9. The maximum Gasteiger partial charge on any atom is 0.126 e. The molecule has 7 unspecified atom stereocenters. The fraction of sp³-hybridized carbons (Fsp3) is 0.800. The lowest BCUT2D eigenvalue weighted by Gasteiger charge is -2.42. The van der Waals surface area contributed by atoms with Crippen LogP contribution in [0.3, 0.4) is 0 Å². The van der Waals surface area contributed by atoms with Gasteiger partial charge in [0.05, 0.1) is 0 Å². The molecular weight excluding hydrogens is 196 g/mol. The van der Waals surface area contributed by atoms with E-state index in [1.54, 1.807) is 0 Å². The maximum atomic E-state index is 11.5. The van der Waals surface area contributed by atoms with Gasteiger partial charge in [0.25, 0.3) is 0 Å². The highest BCUT2D eigenvalue weighted by Crippen LogP contribution is 2.70. The van der Waals surface area contributed by atoms with Crippen LogP contribution in [0.2, 0.25) is 0 Å². The van der Waals surface area contributed by atoms with Gasteiger partial charge in [-0.2, -0.15) is 0 Å². The molecule has 4 bridgehead atoms. The first kappa shape index (κ1) is 9.44. The molecule has 0 amide bonds. The Balaban J connectivity index is 1.75. The van der Waals surface area contributed by atoms with Crippen LogP contribution in [0.25, 0.3) is 0 Å². The van der Waals surface area contributed by atoms with E-state index in [1.807, 2.05) is 0 Å². The molecule has 3 fully saturated rings. The summed E-state index contributed by atoms with van der Waals surface area (Å²) in [4.78, 5) is 11.5. The lowest BCUT2D eigenvalue weighted by molar-refractivity contribution is -0.121. The van der Waals surface area contributed by atoms with E-state index in [-0.39, 0.29) is 5.41 Å². The molecule has 86 valence electrons. The van der Waals surface area contributed by atoms with Crippen molar-refractivity contribution in [2.45, 2.75) is 32.6 Å². The molecule has 0 radical (unpaired) electrons. The molecule has 3 saturated carbocycles. The Morgan fingerprint density at radius 1 is 1.25 bits per heavy atom. The van der Waals surface area contributed by atoms with Gasteiger partial charge in [0.15, 0.2) is 0 Å². The summed E-state index contributed by atoms with van der Waals surface area (Å²) in [5.74, 6) is 5.14. The van der Waals surface area contributed by atoms with Crippen molar-refractivity contribution in [1.29, 1.82) is 0 Å². The van der Waals surface area contributed by atoms with Crippen LogP contribution in [0, 0.1) is 40.9 Å². The monoisotopic (exact) mass is 216 g/mol. The van der Waals surface area contributed by atoms with E-state index >= 15 is 0 Å². The molecule has 0 heterocycles. The van der Waals surface area contributed by atoms with Crippen LogP contribution in [0.15, 0.2) is 12.2 Å². The zero-order valence-electron chi connectivity index (χ0n) is 9.93. The maximum absolute atomic E-state index is 11.5. The molecule has 4 aliphatic rings. The third-order valence-electron chi connectivity index (χ3n) is 6.42. The van der Waals surface area contributed by atoms with E-state index in [0.29, 0.717) is 0 Å². The summed E-state index contributed by atoms with van der Waals surface area (Å²) in [7, 11) is 0. The number of allylic oxidation sites excluding steroid dienone is 2. The highest BCUT2D eigenvalue weighted by Gasteiger charge is 2.65. The molecule has 0 aliphatic heterocycles. The first-order chi connectivity index (χ1) is 7.79. The summed E-state index contributed by atoms with van der Waals surface area (Å²) >= 11 is 0. The Kier molecular flexibility index (Phi) is 1.65. The summed E-state index contributed by atoms with van der Waals surface area (Å²) in [6, 6.07) is 0. The van der Waals surface area contributed by atoms with Gasteiger partial charge in [-0.05, 0) is 61.2 Å². The number of hydrogen-bond acceptors (Lipinski definition) is 1. The Labute approximate surface area is 97.3 Å². The van der Waals surface area contributed by atoms with Gasteiger partial charge >= 0.3 is 0 Å². The number of aldehydes is 1. The van der Waals surface area contributed by atoms with Gasteiger partial charge in [-0.25, -0.2) is 0 Å². The van der Waals surface area contributed by atoms with Crippen molar-refractivity contribution in [2.24, 2.45) is 40.9 Å². The molecule has 0 aromatic rings. The molecule has 0 spiro atoms. The minimum atomic E-state index is 0.0736. The molecule has 1 nitrogen and oxygen atoms in total. The summed E-state index contributed by atoms with van der Waals surface area (Å²) < 4.78 is 0. The van der Waals surface area contributed by atoms with E-state index in [2.05, 4.69) is 19.1 Å². The van der Waals surface area contributed by atoms with Crippen molar-refractivity contribution in [2.75, 3.05) is 0 Å². The lowest BCUT2D eigenvalue weighted by atomic mass is 9.61. The minimum absolute atomic E-state index is 0.0736. The number of hydrogen-bond donors (Lipinski definition) is 0. The molecule has 0 saturated heterocycles. The number of carbonyl (C=O) groups excluding carboxylic acids is 1. The third kappa shape index (κ3) is 0.846. The van der Waals surface area contributed by atoms with Crippen molar-refractivity contribution < 1.29 is 4.79 Å². The molecule has 0 aromatic heterocycles. The third-order valence-corrected chi connectivity index (χ3v) is 6.42. The predicted octanol–water partition coefficient (Wildman–Crippen LogP) is 3.06. The molecule has 16 heavy (non-hydrogen) atoms.